The molecule has 130 valence electrons. The van der Waals surface area contributed by atoms with Crippen LogP contribution in [0, 0.1) is 5.92 Å². The molecule has 2 bridgehead atoms. The molecule has 7 nitrogen and oxygen atoms in total. The minimum Gasteiger partial charge on any atom is -0.458 e. The van der Waals surface area contributed by atoms with Crippen molar-refractivity contribution in [3.8, 4) is 5.75 Å². The molecule has 3 saturated heterocycles. The Morgan fingerprint density at radius 2 is 2.04 bits per heavy atom. The Labute approximate surface area is 138 Å². The lowest BCUT2D eigenvalue weighted by Crippen LogP contribution is -2.51. The summed E-state index contributed by atoms with van der Waals surface area (Å²) in [6.45, 7) is 1.94. The number of aliphatic imine (C=N–C) groups is 2. The summed E-state index contributed by atoms with van der Waals surface area (Å²) < 4.78 is 34.4. The first-order valence-corrected chi connectivity index (χ1v) is 7.87. The first-order valence-electron chi connectivity index (χ1n) is 7.87. The van der Waals surface area contributed by atoms with Crippen LogP contribution >= 0.6 is 0 Å². The zero-order chi connectivity index (χ0) is 16.9. The van der Waals surface area contributed by atoms with Gasteiger partial charge in [-0.2, -0.15) is 13.8 Å². The van der Waals surface area contributed by atoms with Gasteiger partial charge in [0.25, 0.3) is 5.95 Å². The van der Waals surface area contributed by atoms with Crippen LogP contribution in [0.4, 0.5) is 14.7 Å². The van der Waals surface area contributed by atoms with Crippen LogP contribution in [0.3, 0.4) is 0 Å². The lowest BCUT2D eigenvalue weighted by Gasteiger charge is -2.43. The van der Waals surface area contributed by atoms with Gasteiger partial charge in [0.15, 0.2) is 5.75 Å². The fourth-order valence-electron chi connectivity index (χ4n) is 2.99. The summed E-state index contributed by atoms with van der Waals surface area (Å²) in [5.41, 5.74) is 0. The van der Waals surface area contributed by atoms with Gasteiger partial charge in [-0.25, -0.2) is 15.0 Å². The van der Waals surface area contributed by atoms with E-state index in [1.165, 1.54) is 0 Å². The summed E-state index contributed by atoms with van der Waals surface area (Å²) in [6, 6.07) is 0.179. The second-order valence-electron chi connectivity index (χ2n) is 5.67. The molecule has 3 aliphatic heterocycles. The molecule has 4 heterocycles. The van der Waals surface area contributed by atoms with Gasteiger partial charge in [0.05, 0.1) is 12.4 Å². The number of nitrogens with zero attached hydrogens (tertiary/aromatic N) is 5. The van der Waals surface area contributed by atoms with Crippen molar-refractivity contribution < 1.29 is 18.3 Å². The Bertz CT molecular complexity index is 600. The van der Waals surface area contributed by atoms with Crippen LogP contribution in [-0.2, 0) is 4.74 Å². The van der Waals surface area contributed by atoms with E-state index in [4.69, 9.17) is 4.74 Å². The van der Waals surface area contributed by atoms with Crippen molar-refractivity contribution in [3.05, 3.63) is 12.4 Å². The molecule has 4 rings (SSSR count). The minimum absolute atomic E-state index is 0.0522. The summed E-state index contributed by atoms with van der Waals surface area (Å²) in [5, 5.41) is 0. The number of halogens is 2. The van der Waals surface area contributed by atoms with Gasteiger partial charge in [0.1, 0.15) is 6.10 Å². The third-order valence-electron chi connectivity index (χ3n) is 4.13. The van der Waals surface area contributed by atoms with Crippen molar-refractivity contribution in [2.45, 2.75) is 32.5 Å². The van der Waals surface area contributed by atoms with Crippen LogP contribution < -0.4 is 4.74 Å². The van der Waals surface area contributed by atoms with Crippen molar-refractivity contribution >= 4 is 18.2 Å². The fourth-order valence-corrected chi connectivity index (χ4v) is 2.99. The highest BCUT2D eigenvalue weighted by Crippen LogP contribution is 2.30. The minimum atomic E-state index is -2.91. The van der Waals surface area contributed by atoms with Gasteiger partial charge in [-0.3, -0.25) is 4.90 Å². The molecule has 0 aliphatic carbocycles. The Hall–Kier alpha value is -2.16. The topological polar surface area (TPSA) is 72.2 Å². The second-order valence-corrected chi connectivity index (χ2v) is 5.67. The monoisotopic (exact) mass is 339 g/mol. The number of hydrogen-bond donors (Lipinski definition) is 0. The number of ether oxygens (including phenoxy) is 2. The summed E-state index contributed by atoms with van der Waals surface area (Å²) >= 11 is 0. The lowest BCUT2D eigenvalue weighted by atomic mass is 9.86. The van der Waals surface area contributed by atoms with E-state index >= 15 is 0 Å². The SMILES string of the molecule is CC=NC(=Nc1ncc(OC(F)F)cn1)OC1CN2CCC1CC2. The average molecular weight is 339 g/mol. The maximum Gasteiger partial charge on any atom is 0.387 e. The standard InChI is InChI=1S/C15H19F2N5O2/c1-2-18-15(24-12-9-22-5-3-10(12)4-6-22)21-14-19-7-11(8-20-14)23-13(16)17/h2,7-8,10,12-13H,3-6,9H2,1H3. The van der Waals surface area contributed by atoms with E-state index in [0.717, 1.165) is 44.9 Å². The molecule has 24 heavy (non-hydrogen) atoms. The molecule has 0 radical (unpaired) electrons. The van der Waals surface area contributed by atoms with Gasteiger partial charge >= 0.3 is 12.6 Å². The number of fused-ring (bicyclic) bond motifs is 3. The van der Waals surface area contributed by atoms with Crippen LogP contribution in [-0.4, -0.2) is 59.5 Å². The van der Waals surface area contributed by atoms with Gasteiger partial charge in [-0.1, -0.05) is 0 Å². The zero-order valence-corrected chi connectivity index (χ0v) is 13.3. The summed E-state index contributed by atoms with van der Waals surface area (Å²) in [5.74, 6) is 0.469. The van der Waals surface area contributed by atoms with Crippen molar-refractivity contribution in [1.82, 2.24) is 14.9 Å². The Morgan fingerprint density at radius 3 is 2.58 bits per heavy atom. The number of rotatable bonds is 4. The van der Waals surface area contributed by atoms with E-state index in [0.29, 0.717) is 5.92 Å². The summed E-state index contributed by atoms with van der Waals surface area (Å²) in [4.78, 5) is 18.4. The maximum absolute atomic E-state index is 12.1. The van der Waals surface area contributed by atoms with E-state index in [1.807, 2.05) is 0 Å². The molecule has 3 aliphatic rings. The molecule has 1 aromatic rings. The van der Waals surface area contributed by atoms with E-state index in [1.54, 1.807) is 13.1 Å². The molecule has 1 unspecified atom stereocenters. The molecule has 0 N–H and O–H groups in total. The van der Waals surface area contributed by atoms with Gasteiger partial charge in [0.2, 0.25) is 0 Å². The fraction of sp³-hybridized carbons (Fsp3) is 0.600. The van der Waals surface area contributed by atoms with Crippen molar-refractivity contribution in [2.75, 3.05) is 19.6 Å². The van der Waals surface area contributed by atoms with E-state index in [9.17, 15) is 8.78 Å². The molecule has 0 aromatic carbocycles. The first kappa shape index (κ1) is 16.7. The largest absolute Gasteiger partial charge is 0.458 e. The normalized spacial score (nSPS) is 27.0. The van der Waals surface area contributed by atoms with Crippen LogP contribution in [0.5, 0.6) is 5.75 Å². The van der Waals surface area contributed by atoms with E-state index in [-0.39, 0.29) is 23.8 Å². The molecule has 9 heteroatoms. The van der Waals surface area contributed by atoms with Crippen LogP contribution in [0.15, 0.2) is 22.4 Å². The molecule has 1 aromatic heterocycles. The molecular weight excluding hydrogens is 320 g/mol. The highest BCUT2D eigenvalue weighted by molar-refractivity contribution is 5.84. The molecular formula is C15H19F2N5O2. The highest BCUT2D eigenvalue weighted by atomic mass is 19.3. The predicted octanol–water partition coefficient (Wildman–Crippen LogP) is 2.27. The number of hydrogen-bond acceptors (Lipinski definition) is 6. The smallest absolute Gasteiger partial charge is 0.387 e. The Morgan fingerprint density at radius 1 is 1.33 bits per heavy atom. The van der Waals surface area contributed by atoms with E-state index in [2.05, 4.69) is 29.6 Å². The van der Waals surface area contributed by atoms with Gasteiger partial charge in [-0.15, -0.1) is 0 Å². The van der Waals surface area contributed by atoms with Crippen molar-refractivity contribution in [1.29, 1.82) is 0 Å². The molecule has 0 spiro atoms. The van der Waals surface area contributed by atoms with Crippen molar-refractivity contribution in [3.63, 3.8) is 0 Å². The predicted molar refractivity (Wildman–Crippen MR) is 84.0 cm³/mol. The number of aromatic nitrogens is 2. The van der Waals surface area contributed by atoms with Gasteiger partial charge in [0, 0.05) is 12.8 Å². The van der Waals surface area contributed by atoms with Crippen LogP contribution in [0.1, 0.15) is 19.8 Å². The quantitative estimate of drug-likeness (QED) is 0.621. The number of alkyl halides is 2. The molecule has 3 fully saturated rings. The van der Waals surface area contributed by atoms with Gasteiger partial charge < -0.3 is 9.47 Å². The second kappa shape index (κ2) is 7.61. The molecule has 0 saturated carbocycles. The number of piperidine rings is 3. The van der Waals surface area contributed by atoms with E-state index < -0.39 is 6.61 Å². The Kier molecular flexibility index (Phi) is 5.29. The zero-order valence-electron chi connectivity index (χ0n) is 13.3. The summed E-state index contributed by atoms with van der Waals surface area (Å²) in [7, 11) is 0. The Balaban J connectivity index is 1.69. The van der Waals surface area contributed by atoms with Crippen molar-refractivity contribution in [2.24, 2.45) is 15.9 Å². The number of amidine groups is 1. The average Bonchev–Trinajstić information content (AvgIpc) is 2.57. The third-order valence-corrected chi connectivity index (χ3v) is 4.13. The third kappa shape index (κ3) is 4.22. The lowest BCUT2D eigenvalue weighted by molar-refractivity contribution is -0.0503. The first-order chi connectivity index (χ1) is 11.6. The molecule has 1 atom stereocenters. The van der Waals surface area contributed by atoms with Crippen LogP contribution in [0.25, 0.3) is 0 Å². The van der Waals surface area contributed by atoms with Crippen LogP contribution in [0.2, 0.25) is 0 Å². The summed E-state index contributed by atoms with van der Waals surface area (Å²) in [6.07, 6.45) is 6.14. The molecule has 0 amide bonds. The highest BCUT2D eigenvalue weighted by Gasteiger charge is 2.36. The van der Waals surface area contributed by atoms with Gasteiger partial charge in [-0.05, 0) is 38.8 Å². The maximum atomic E-state index is 12.1.